The number of ether oxygens (including phenoxy) is 1. The highest BCUT2D eigenvalue weighted by molar-refractivity contribution is 8.00. The molecular formula is C16H16O2S. The number of benzene rings is 2. The first kappa shape index (κ1) is 12.7. The molecule has 0 bridgehead atoms. The number of thioether (sulfide) groups is 1. The molecule has 1 N–H and O–H groups in total. The van der Waals surface area contributed by atoms with Gasteiger partial charge in [0.1, 0.15) is 0 Å². The summed E-state index contributed by atoms with van der Waals surface area (Å²) in [5.74, 6) is 0.806. The Morgan fingerprint density at radius 3 is 1.95 bits per heavy atom. The molecule has 0 aromatic heterocycles. The second-order valence-corrected chi connectivity index (χ2v) is 5.78. The highest BCUT2D eigenvalue weighted by Crippen LogP contribution is 2.49. The average Bonchev–Trinajstić information content (AvgIpc) is 2.95. The number of hydrogen-bond donors (Lipinski definition) is 1. The molecule has 2 nitrogen and oxygen atoms in total. The van der Waals surface area contributed by atoms with Gasteiger partial charge in [0.25, 0.3) is 0 Å². The smallest absolute Gasteiger partial charge is 0.165 e. The van der Waals surface area contributed by atoms with Gasteiger partial charge in [-0.05, 0) is 11.1 Å². The van der Waals surface area contributed by atoms with E-state index in [4.69, 9.17) is 4.74 Å². The predicted molar refractivity (Wildman–Crippen MR) is 78.1 cm³/mol. The lowest BCUT2D eigenvalue weighted by molar-refractivity contribution is -0.0140. The number of aliphatic hydroxyl groups excluding tert-OH is 1. The fraction of sp³-hybridized carbons (Fsp3) is 0.250. The summed E-state index contributed by atoms with van der Waals surface area (Å²) >= 11 is 1.75. The van der Waals surface area contributed by atoms with E-state index in [2.05, 4.69) is 24.3 Å². The van der Waals surface area contributed by atoms with Crippen LogP contribution in [0.15, 0.2) is 60.7 Å². The molecule has 0 amide bonds. The van der Waals surface area contributed by atoms with E-state index in [-0.39, 0.29) is 12.7 Å². The van der Waals surface area contributed by atoms with E-state index >= 15 is 0 Å². The van der Waals surface area contributed by atoms with Gasteiger partial charge in [-0.15, -0.1) is 11.8 Å². The van der Waals surface area contributed by atoms with Gasteiger partial charge in [0.2, 0.25) is 0 Å². The van der Waals surface area contributed by atoms with Crippen LogP contribution in [0.5, 0.6) is 0 Å². The molecule has 0 spiro atoms. The summed E-state index contributed by atoms with van der Waals surface area (Å²) in [7, 11) is 0. The molecule has 2 aromatic carbocycles. The van der Waals surface area contributed by atoms with Gasteiger partial charge in [0.05, 0.1) is 12.7 Å². The van der Waals surface area contributed by atoms with Crippen LogP contribution in [-0.4, -0.2) is 23.6 Å². The molecule has 1 aliphatic rings. The molecule has 1 fully saturated rings. The Morgan fingerprint density at radius 1 is 1.00 bits per heavy atom. The summed E-state index contributed by atoms with van der Waals surface area (Å²) in [4.78, 5) is -0.490. The molecule has 0 radical (unpaired) electrons. The molecule has 19 heavy (non-hydrogen) atoms. The Balaban J connectivity index is 2.07. The van der Waals surface area contributed by atoms with Crippen molar-refractivity contribution in [3.63, 3.8) is 0 Å². The van der Waals surface area contributed by atoms with E-state index in [0.717, 1.165) is 16.9 Å². The molecule has 3 rings (SSSR count). The van der Waals surface area contributed by atoms with Crippen molar-refractivity contribution < 1.29 is 9.84 Å². The van der Waals surface area contributed by atoms with Gasteiger partial charge in [-0.3, -0.25) is 0 Å². The quantitative estimate of drug-likeness (QED) is 0.931. The van der Waals surface area contributed by atoms with E-state index in [9.17, 15) is 5.11 Å². The lowest BCUT2D eigenvalue weighted by atomic mass is 10.0. The summed E-state index contributed by atoms with van der Waals surface area (Å²) in [6.45, 7) is 0.0639. The molecule has 3 heteroatoms. The van der Waals surface area contributed by atoms with Gasteiger partial charge < -0.3 is 9.84 Å². The fourth-order valence-electron chi connectivity index (χ4n) is 2.39. The molecule has 1 atom stereocenters. The Kier molecular flexibility index (Phi) is 3.60. The third-order valence-corrected chi connectivity index (χ3v) is 4.83. The topological polar surface area (TPSA) is 29.5 Å². The van der Waals surface area contributed by atoms with E-state index < -0.39 is 4.93 Å². The minimum absolute atomic E-state index is 0.0639. The standard InChI is InChI=1S/C16H16O2S/c17-11-15-12-19-16(18-15,13-7-3-1-4-8-13)14-9-5-2-6-10-14/h1-10,15,17H,11-12H2/t15-/m1/s1. The molecule has 98 valence electrons. The summed E-state index contributed by atoms with van der Waals surface area (Å²) in [5.41, 5.74) is 2.25. The predicted octanol–water partition coefficient (Wildman–Crippen LogP) is 3.01. The van der Waals surface area contributed by atoms with E-state index in [1.165, 1.54) is 0 Å². The zero-order valence-electron chi connectivity index (χ0n) is 10.5. The molecule has 1 heterocycles. The summed E-state index contributed by atoms with van der Waals surface area (Å²) < 4.78 is 6.18. The average molecular weight is 272 g/mol. The van der Waals surface area contributed by atoms with Crippen LogP contribution in [-0.2, 0) is 9.67 Å². The van der Waals surface area contributed by atoms with Crippen LogP contribution in [0.3, 0.4) is 0 Å². The van der Waals surface area contributed by atoms with Gasteiger partial charge in [-0.2, -0.15) is 0 Å². The van der Waals surface area contributed by atoms with Crippen molar-refractivity contribution in [3.8, 4) is 0 Å². The molecule has 1 aliphatic heterocycles. The van der Waals surface area contributed by atoms with Crippen molar-refractivity contribution in [3.05, 3.63) is 71.8 Å². The molecule has 0 unspecified atom stereocenters. The first-order valence-corrected chi connectivity index (χ1v) is 7.37. The van der Waals surface area contributed by atoms with Crippen LogP contribution < -0.4 is 0 Å². The van der Waals surface area contributed by atoms with Gasteiger partial charge in [0, 0.05) is 5.75 Å². The maximum absolute atomic E-state index is 9.35. The van der Waals surface area contributed by atoms with Gasteiger partial charge >= 0.3 is 0 Å². The lowest BCUT2D eigenvalue weighted by Gasteiger charge is -2.29. The van der Waals surface area contributed by atoms with Crippen molar-refractivity contribution in [1.82, 2.24) is 0 Å². The molecule has 0 aliphatic carbocycles. The van der Waals surface area contributed by atoms with E-state index in [1.807, 2.05) is 36.4 Å². The molecule has 0 saturated carbocycles. The Labute approximate surface area is 117 Å². The lowest BCUT2D eigenvalue weighted by Crippen LogP contribution is -2.27. The van der Waals surface area contributed by atoms with Crippen LogP contribution >= 0.6 is 11.8 Å². The number of rotatable bonds is 3. The van der Waals surface area contributed by atoms with E-state index in [1.54, 1.807) is 11.8 Å². The minimum Gasteiger partial charge on any atom is -0.394 e. The van der Waals surface area contributed by atoms with Crippen LogP contribution in [0.25, 0.3) is 0 Å². The van der Waals surface area contributed by atoms with Gasteiger partial charge in [0.15, 0.2) is 4.93 Å². The first-order chi connectivity index (χ1) is 9.35. The largest absolute Gasteiger partial charge is 0.394 e. The maximum Gasteiger partial charge on any atom is 0.165 e. The van der Waals surface area contributed by atoms with Crippen molar-refractivity contribution in [2.45, 2.75) is 11.0 Å². The SMILES string of the molecule is OC[C@@H]1CSC(c2ccccc2)(c2ccccc2)O1. The second-order valence-electron chi connectivity index (χ2n) is 4.58. The fourth-order valence-corrected chi connectivity index (χ4v) is 3.79. The monoisotopic (exact) mass is 272 g/mol. The van der Waals surface area contributed by atoms with Gasteiger partial charge in [-0.1, -0.05) is 60.7 Å². The highest BCUT2D eigenvalue weighted by Gasteiger charge is 2.43. The van der Waals surface area contributed by atoms with Crippen molar-refractivity contribution >= 4 is 11.8 Å². The van der Waals surface area contributed by atoms with Crippen molar-refractivity contribution in [2.75, 3.05) is 12.4 Å². The molecule has 1 saturated heterocycles. The van der Waals surface area contributed by atoms with Crippen LogP contribution in [0.4, 0.5) is 0 Å². The molecule has 2 aromatic rings. The van der Waals surface area contributed by atoms with Crippen molar-refractivity contribution in [2.24, 2.45) is 0 Å². The van der Waals surface area contributed by atoms with Crippen molar-refractivity contribution in [1.29, 1.82) is 0 Å². The summed E-state index contributed by atoms with van der Waals surface area (Å²) in [5, 5.41) is 9.35. The number of hydrogen-bond acceptors (Lipinski definition) is 3. The number of aliphatic hydroxyl groups is 1. The normalized spacial score (nSPS) is 21.4. The van der Waals surface area contributed by atoms with E-state index in [0.29, 0.717) is 0 Å². The zero-order chi connectivity index (χ0) is 13.1. The Morgan fingerprint density at radius 2 is 1.53 bits per heavy atom. The highest BCUT2D eigenvalue weighted by atomic mass is 32.2. The maximum atomic E-state index is 9.35. The minimum atomic E-state index is -0.490. The third kappa shape index (κ3) is 2.29. The van der Waals surface area contributed by atoms with Crippen LogP contribution in [0.1, 0.15) is 11.1 Å². The van der Waals surface area contributed by atoms with Gasteiger partial charge in [-0.25, -0.2) is 0 Å². The van der Waals surface area contributed by atoms with Crippen LogP contribution in [0.2, 0.25) is 0 Å². The Hall–Kier alpha value is -1.29. The summed E-state index contributed by atoms with van der Waals surface area (Å²) in [6.07, 6.45) is -0.106. The summed E-state index contributed by atoms with van der Waals surface area (Å²) in [6, 6.07) is 20.4. The molecular weight excluding hydrogens is 256 g/mol. The first-order valence-electron chi connectivity index (χ1n) is 6.39. The van der Waals surface area contributed by atoms with Crippen LogP contribution in [0, 0.1) is 0 Å². The second kappa shape index (κ2) is 5.37. The third-order valence-electron chi connectivity index (χ3n) is 3.32. The zero-order valence-corrected chi connectivity index (χ0v) is 11.3. The Bertz CT molecular complexity index is 487.